The Morgan fingerprint density at radius 2 is 1.77 bits per heavy atom. The first-order valence-corrected chi connectivity index (χ1v) is 7.90. The van der Waals surface area contributed by atoms with Crippen molar-refractivity contribution in [2.45, 2.75) is 6.92 Å². The van der Waals surface area contributed by atoms with E-state index in [4.69, 9.17) is 11.6 Å². The van der Waals surface area contributed by atoms with E-state index < -0.39 is 17.2 Å². The minimum atomic E-state index is -2.29. The third-order valence-electron chi connectivity index (χ3n) is 2.93. The van der Waals surface area contributed by atoms with Gasteiger partial charge in [0.25, 0.3) is 11.3 Å². The zero-order valence-electron chi connectivity index (χ0n) is 11.8. The van der Waals surface area contributed by atoms with Crippen molar-refractivity contribution < 1.29 is 13.6 Å². The third-order valence-corrected chi connectivity index (χ3v) is 3.89. The molecule has 0 bridgehead atoms. The van der Waals surface area contributed by atoms with Crippen molar-refractivity contribution in [3.63, 3.8) is 0 Å². The Hall–Kier alpha value is -1.89. The molecule has 0 radical (unpaired) electrons. The van der Waals surface area contributed by atoms with E-state index in [2.05, 4.69) is 5.32 Å². The number of rotatable bonds is 5. The number of halogens is 1. The average molecular weight is 339 g/mol. The number of hydrogen-bond donors (Lipinski definition) is 2. The molecule has 0 aromatic heterocycles. The van der Waals surface area contributed by atoms with E-state index in [0.29, 0.717) is 16.4 Å². The van der Waals surface area contributed by atoms with Crippen LogP contribution in [0, 0.1) is 6.92 Å². The van der Waals surface area contributed by atoms with Gasteiger partial charge in [-0.2, -0.15) is 0 Å². The molecule has 2 N–H and O–H groups in total. The summed E-state index contributed by atoms with van der Waals surface area (Å²) in [6.07, 6.45) is 0. The molecular weight excluding hydrogens is 324 g/mol. The van der Waals surface area contributed by atoms with E-state index in [0.717, 1.165) is 9.87 Å². The quantitative estimate of drug-likeness (QED) is 0.822. The topological polar surface area (TPSA) is 69.6 Å². The van der Waals surface area contributed by atoms with Crippen molar-refractivity contribution in [1.82, 2.24) is 0 Å². The molecule has 1 atom stereocenters. The summed E-state index contributed by atoms with van der Waals surface area (Å²) in [6, 6.07) is 13.6. The molecule has 0 heterocycles. The van der Waals surface area contributed by atoms with Crippen molar-refractivity contribution in [1.29, 1.82) is 0 Å². The monoisotopic (exact) mass is 338 g/mol. The second-order valence-electron chi connectivity index (χ2n) is 4.66. The number of nitrogens with one attached hydrogen (secondary N) is 1. The molecule has 0 spiro atoms. The molecule has 5 nitrogen and oxygen atoms in total. The second-order valence-corrected chi connectivity index (χ2v) is 6.00. The predicted octanol–water partition coefficient (Wildman–Crippen LogP) is 3.23. The SMILES string of the molecule is Cc1ccc(N(CC(=O)Nc2ccc(Cl)cc2)S(=O)O)cc1. The van der Waals surface area contributed by atoms with Gasteiger partial charge >= 0.3 is 0 Å². The van der Waals surface area contributed by atoms with Crippen LogP contribution in [-0.4, -0.2) is 21.2 Å². The Kier molecular flexibility index (Phi) is 5.54. The average Bonchev–Trinajstić information content (AvgIpc) is 2.48. The number of carbonyl (C=O) groups excluding carboxylic acids is 1. The van der Waals surface area contributed by atoms with Gasteiger partial charge in [0.15, 0.2) is 0 Å². The Bertz CT molecular complexity index is 674. The van der Waals surface area contributed by atoms with Gasteiger partial charge in [0, 0.05) is 10.7 Å². The zero-order chi connectivity index (χ0) is 16.1. The number of benzene rings is 2. The molecule has 1 unspecified atom stereocenters. The maximum atomic E-state index is 12.0. The van der Waals surface area contributed by atoms with Crippen LogP contribution in [0.4, 0.5) is 11.4 Å². The Labute approximate surface area is 136 Å². The van der Waals surface area contributed by atoms with Crippen LogP contribution < -0.4 is 9.62 Å². The first-order chi connectivity index (χ1) is 10.5. The fraction of sp³-hybridized carbons (Fsp3) is 0.133. The highest BCUT2D eigenvalue weighted by molar-refractivity contribution is 7.80. The van der Waals surface area contributed by atoms with E-state index in [1.807, 2.05) is 19.1 Å². The molecule has 1 amide bonds. The van der Waals surface area contributed by atoms with Crippen molar-refractivity contribution in [3.8, 4) is 0 Å². The predicted molar refractivity (Wildman–Crippen MR) is 89.4 cm³/mol. The Morgan fingerprint density at radius 3 is 2.32 bits per heavy atom. The molecule has 0 fully saturated rings. The van der Waals surface area contributed by atoms with Crippen LogP contribution in [0.3, 0.4) is 0 Å². The lowest BCUT2D eigenvalue weighted by Gasteiger charge is -2.19. The molecule has 7 heteroatoms. The van der Waals surface area contributed by atoms with Gasteiger partial charge in [-0.3, -0.25) is 13.7 Å². The van der Waals surface area contributed by atoms with Crippen LogP contribution in [0.25, 0.3) is 0 Å². The minimum Gasteiger partial charge on any atom is -0.325 e. The summed E-state index contributed by atoms with van der Waals surface area (Å²) in [5, 5.41) is 3.22. The summed E-state index contributed by atoms with van der Waals surface area (Å²) in [4.78, 5) is 12.0. The van der Waals surface area contributed by atoms with Gasteiger partial charge in [0.2, 0.25) is 5.91 Å². The second kappa shape index (κ2) is 7.40. The van der Waals surface area contributed by atoms with E-state index >= 15 is 0 Å². The van der Waals surface area contributed by atoms with Gasteiger partial charge in [0.1, 0.15) is 6.54 Å². The molecule has 0 aliphatic rings. The van der Waals surface area contributed by atoms with Crippen LogP contribution in [-0.2, 0) is 16.1 Å². The largest absolute Gasteiger partial charge is 0.325 e. The maximum absolute atomic E-state index is 12.0. The van der Waals surface area contributed by atoms with Crippen molar-refractivity contribution in [2.24, 2.45) is 0 Å². The van der Waals surface area contributed by atoms with Crippen LogP contribution in [0.1, 0.15) is 5.56 Å². The molecule has 116 valence electrons. The maximum Gasteiger partial charge on any atom is 0.262 e. The van der Waals surface area contributed by atoms with Gasteiger partial charge < -0.3 is 5.32 Å². The lowest BCUT2D eigenvalue weighted by atomic mass is 10.2. The van der Waals surface area contributed by atoms with Crippen LogP contribution >= 0.6 is 11.6 Å². The fourth-order valence-corrected chi connectivity index (χ4v) is 2.47. The fourth-order valence-electron chi connectivity index (χ4n) is 1.81. The normalized spacial score (nSPS) is 11.8. The summed E-state index contributed by atoms with van der Waals surface area (Å²) in [5.41, 5.74) is 2.10. The smallest absolute Gasteiger partial charge is 0.262 e. The molecule has 2 aromatic carbocycles. The molecule has 0 saturated carbocycles. The van der Waals surface area contributed by atoms with E-state index in [1.54, 1.807) is 36.4 Å². The highest BCUT2D eigenvalue weighted by Gasteiger charge is 2.16. The number of amides is 1. The van der Waals surface area contributed by atoms with Gasteiger partial charge in [-0.25, -0.2) is 4.21 Å². The van der Waals surface area contributed by atoms with Gasteiger partial charge in [0.05, 0.1) is 5.69 Å². The molecule has 0 aliphatic heterocycles. The van der Waals surface area contributed by atoms with Crippen LogP contribution in [0.5, 0.6) is 0 Å². The number of nitrogens with zero attached hydrogens (tertiary/aromatic N) is 1. The number of hydrogen-bond acceptors (Lipinski definition) is 2. The highest BCUT2D eigenvalue weighted by Crippen LogP contribution is 2.17. The third kappa shape index (κ3) is 4.56. The Morgan fingerprint density at radius 1 is 1.18 bits per heavy atom. The zero-order valence-corrected chi connectivity index (χ0v) is 13.4. The van der Waals surface area contributed by atoms with E-state index in [1.165, 1.54) is 0 Å². The minimum absolute atomic E-state index is 0.241. The van der Waals surface area contributed by atoms with Crippen LogP contribution in [0.2, 0.25) is 5.02 Å². The molecule has 22 heavy (non-hydrogen) atoms. The van der Waals surface area contributed by atoms with Crippen LogP contribution in [0.15, 0.2) is 48.5 Å². The summed E-state index contributed by atoms with van der Waals surface area (Å²) in [6.45, 7) is 1.67. The van der Waals surface area contributed by atoms with E-state index in [9.17, 15) is 13.6 Å². The van der Waals surface area contributed by atoms with Crippen molar-refractivity contribution in [2.75, 3.05) is 16.2 Å². The van der Waals surface area contributed by atoms with Gasteiger partial charge in [-0.15, -0.1) is 0 Å². The lowest BCUT2D eigenvalue weighted by Crippen LogP contribution is -2.34. The van der Waals surface area contributed by atoms with Gasteiger partial charge in [-0.1, -0.05) is 29.3 Å². The Balaban J connectivity index is 2.07. The first kappa shape index (κ1) is 16.5. The molecule has 0 saturated heterocycles. The summed E-state index contributed by atoms with van der Waals surface area (Å²) >= 11 is 3.48. The molecule has 0 aliphatic carbocycles. The van der Waals surface area contributed by atoms with E-state index in [-0.39, 0.29) is 6.54 Å². The summed E-state index contributed by atoms with van der Waals surface area (Å²) < 4.78 is 21.9. The first-order valence-electron chi connectivity index (χ1n) is 6.46. The van der Waals surface area contributed by atoms with Crippen molar-refractivity contribution >= 4 is 40.1 Å². The van der Waals surface area contributed by atoms with Gasteiger partial charge in [-0.05, 0) is 43.3 Å². The van der Waals surface area contributed by atoms with Crippen molar-refractivity contribution in [3.05, 3.63) is 59.1 Å². The molecule has 2 aromatic rings. The molecular formula is C15H15ClN2O3S. The number of aryl methyl sites for hydroxylation is 1. The lowest BCUT2D eigenvalue weighted by molar-refractivity contribution is -0.114. The number of anilines is 2. The summed E-state index contributed by atoms with van der Waals surface area (Å²) in [7, 11) is 0. The standard InChI is InChI=1S/C15H15ClN2O3S/c1-11-2-8-14(9-3-11)18(22(20)21)10-15(19)17-13-6-4-12(16)5-7-13/h2-9H,10H2,1H3,(H,17,19)(H,20,21). The molecule has 2 rings (SSSR count). The number of carbonyl (C=O) groups is 1. The highest BCUT2D eigenvalue weighted by atomic mass is 35.5. The summed E-state index contributed by atoms with van der Waals surface area (Å²) in [5.74, 6) is -0.398.